The molecule has 0 saturated heterocycles. The van der Waals surface area contributed by atoms with E-state index in [9.17, 15) is 22.8 Å². The summed E-state index contributed by atoms with van der Waals surface area (Å²) in [6.45, 7) is 0. The van der Waals surface area contributed by atoms with Crippen molar-refractivity contribution in [2.24, 2.45) is 0 Å². The number of hydrogen-bond donors (Lipinski definition) is 0. The molecule has 0 aliphatic carbocycles. The Bertz CT molecular complexity index is 523. The van der Waals surface area contributed by atoms with Gasteiger partial charge in [-0.15, -0.1) is 0 Å². The predicted molar refractivity (Wildman–Crippen MR) is 68.2 cm³/mol. The molecule has 0 heterocycles. The highest BCUT2D eigenvalue weighted by Gasteiger charge is 2.34. The highest BCUT2D eigenvalue weighted by Crippen LogP contribution is 2.36. The second kappa shape index (κ2) is 7.10. The molecule has 0 amide bonds. The molecule has 0 aliphatic rings. The van der Waals surface area contributed by atoms with Crippen LogP contribution in [0.25, 0.3) is 0 Å². The summed E-state index contributed by atoms with van der Waals surface area (Å²) < 4.78 is 47.5. The number of hydrogen-bond acceptors (Lipinski definition) is 4. The van der Waals surface area contributed by atoms with E-state index in [0.717, 1.165) is 19.2 Å². The van der Waals surface area contributed by atoms with Gasteiger partial charge in [0.2, 0.25) is 0 Å². The summed E-state index contributed by atoms with van der Waals surface area (Å²) in [6.07, 6.45) is -4.37. The van der Waals surface area contributed by atoms with Crippen molar-refractivity contribution in [1.82, 2.24) is 0 Å². The Labute approximate surface area is 119 Å². The lowest BCUT2D eigenvalue weighted by molar-refractivity contribution is -0.141. The van der Waals surface area contributed by atoms with Gasteiger partial charge >= 0.3 is 12.1 Å². The van der Waals surface area contributed by atoms with E-state index in [-0.39, 0.29) is 30.6 Å². The van der Waals surface area contributed by atoms with Gasteiger partial charge in [-0.2, -0.15) is 13.2 Å². The number of halogens is 3. The number of ketones is 1. The van der Waals surface area contributed by atoms with Gasteiger partial charge in [-0.05, 0) is 24.6 Å². The minimum atomic E-state index is -4.60. The molecule has 0 radical (unpaired) electrons. The van der Waals surface area contributed by atoms with Gasteiger partial charge < -0.3 is 9.47 Å². The Morgan fingerprint density at radius 1 is 1.14 bits per heavy atom. The van der Waals surface area contributed by atoms with Crippen LogP contribution in [0.3, 0.4) is 0 Å². The molecule has 0 bridgehead atoms. The van der Waals surface area contributed by atoms with Crippen molar-refractivity contribution in [2.75, 3.05) is 14.2 Å². The number of rotatable bonds is 6. The summed E-state index contributed by atoms with van der Waals surface area (Å²) in [4.78, 5) is 22.7. The lowest BCUT2D eigenvalue weighted by Gasteiger charge is -2.13. The van der Waals surface area contributed by atoms with Crippen molar-refractivity contribution < 1.29 is 32.2 Å². The van der Waals surface area contributed by atoms with Crippen LogP contribution in [0.2, 0.25) is 0 Å². The third-order valence-electron chi connectivity index (χ3n) is 2.84. The molecule has 1 aromatic rings. The van der Waals surface area contributed by atoms with Crippen LogP contribution in [-0.4, -0.2) is 26.0 Å². The average Bonchev–Trinajstić information content (AvgIpc) is 2.45. The van der Waals surface area contributed by atoms with Gasteiger partial charge in [0, 0.05) is 18.4 Å². The molecular formula is C14H15F3O4. The first kappa shape index (κ1) is 17.0. The van der Waals surface area contributed by atoms with Gasteiger partial charge in [0.15, 0.2) is 5.78 Å². The monoisotopic (exact) mass is 304 g/mol. The summed E-state index contributed by atoms with van der Waals surface area (Å²) in [7, 11) is 2.35. The lowest BCUT2D eigenvalue weighted by atomic mass is 10.0. The largest absolute Gasteiger partial charge is 0.496 e. The van der Waals surface area contributed by atoms with Crippen molar-refractivity contribution in [2.45, 2.75) is 25.4 Å². The van der Waals surface area contributed by atoms with Gasteiger partial charge in [0.05, 0.1) is 19.8 Å². The summed E-state index contributed by atoms with van der Waals surface area (Å²) >= 11 is 0. The molecule has 0 fully saturated rings. The first-order valence-electron chi connectivity index (χ1n) is 6.15. The molecule has 0 atom stereocenters. The summed E-state index contributed by atoms with van der Waals surface area (Å²) in [6, 6.07) is 3.14. The van der Waals surface area contributed by atoms with E-state index >= 15 is 0 Å². The summed E-state index contributed by atoms with van der Waals surface area (Å²) in [5.74, 6) is -1.27. The molecule has 4 nitrogen and oxygen atoms in total. The Morgan fingerprint density at radius 2 is 1.81 bits per heavy atom. The fourth-order valence-corrected chi connectivity index (χ4v) is 1.74. The molecule has 0 aromatic heterocycles. The molecule has 0 unspecified atom stereocenters. The maximum atomic E-state index is 12.8. The Kier molecular flexibility index (Phi) is 5.75. The minimum absolute atomic E-state index is 0.0290. The van der Waals surface area contributed by atoms with Crippen LogP contribution < -0.4 is 4.74 Å². The number of methoxy groups -OCH3 is 2. The number of Topliss-reactive ketones (excluding diaryl/α,β-unsaturated/α-hetero) is 1. The van der Waals surface area contributed by atoms with Crippen molar-refractivity contribution in [3.05, 3.63) is 29.3 Å². The van der Waals surface area contributed by atoms with Crippen LogP contribution in [0, 0.1) is 0 Å². The van der Waals surface area contributed by atoms with Crippen molar-refractivity contribution in [3.63, 3.8) is 0 Å². The van der Waals surface area contributed by atoms with Gasteiger partial charge in [0.1, 0.15) is 5.75 Å². The highest BCUT2D eigenvalue weighted by molar-refractivity contribution is 5.96. The standard InChI is InChI=1S/C14H15F3O4/c1-20-12-7-6-9(8-10(12)14(15,16)17)11(18)4-3-5-13(19)21-2/h6-8H,3-5H2,1-2H3. The quantitative estimate of drug-likeness (QED) is 0.598. The molecule has 116 valence electrons. The lowest BCUT2D eigenvalue weighted by Crippen LogP contribution is -2.10. The average molecular weight is 304 g/mol. The third-order valence-corrected chi connectivity index (χ3v) is 2.84. The maximum absolute atomic E-state index is 12.8. The van der Waals surface area contributed by atoms with Gasteiger partial charge in [-0.3, -0.25) is 9.59 Å². The number of esters is 1. The number of benzene rings is 1. The molecule has 0 aliphatic heterocycles. The molecule has 0 N–H and O–H groups in total. The SMILES string of the molecule is COC(=O)CCCC(=O)c1ccc(OC)c(C(F)(F)F)c1. The van der Waals surface area contributed by atoms with Crippen molar-refractivity contribution >= 4 is 11.8 Å². The van der Waals surface area contributed by atoms with E-state index < -0.39 is 23.5 Å². The first-order valence-corrected chi connectivity index (χ1v) is 6.15. The zero-order valence-corrected chi connectivity index (χ0v) is 11.6. The molecule has 0 spiro atoms. The van der Waals surface area contributed by atoms with E-state index in [2.05, 4.69) is 9.47 Å². The van der Waals surface area contributed by atoms with E-state index in [1.165, 1.54) is 13.2 Å². The maximum Gasteiger partial charge on any atom is 0.419 e. The normalized spacial score (nSPS) is 11.1. The van der Waals surface area contributed by atoms with Gasteiger partial charge in [-0.1, -0.05) is 0 Å². The van der Waals surface area contributed by atoms with Crippen molar-refractivity contribution in [1.29, 1.82) is 0 Å². The minimum Gasteiger partial charge on any atom is -0.496 e. The number of carbonyl (C=O) groups excluding carboxylic acids is 2. The molecule has 1 rings (SSSR count). The predicted octanol–water partition coefficient (Wildman–Crippen LogP) is 3.24. The van der Waals surface area contributed by atoms with E-state index in [0.29, 0.717) is 0 Å². The molecule has 7 heteroatoms. The topological polar surface area (TPSA) is 52.6 Å². The summed E-state index contributed by atoms with van der Waals surface area (Å²) in [5, 5.41) is 0. The third kappa shape index (κ3) is 4.77. The fraction of sp³-hybridized carbons (Fsp3) is 0.429. The van der Waals surface area contributed by atoms with Crippen LogP contribution in [0.4, 0.5) is 13.2 Å². The Balaban J connectivity index is 2.84. The second-order valence-electron chi connectivity index (χ2n) is 4.27. The Morgan fingerprint density at radius 3 is 2.33 bits per heavy atom. The zero-order chi connectivity index (χ0) is 16.0. The summed E-state index contributed by atoms with van der Waals surface area (Å²) in [5.41, 5.74) is -1.06. The zero-order valence-electron chi connectivity index (χ0n) is 11.6. The first-order chi connectivity index (χ1) is 9.79. The number of ether oxygens (including phenoxy) is 2. The smallest absolute Gasteiger partial charge is 0.419 e. The number of alkyl halides is 3. The second-order valence-corrected chi connectivity index (χ2v) is 4.27. The van der Waals surface area contributed by atoms with E-state index in [1.54, 1.807) is 0 Å². The van der Waals surface area contributed by atoms with Crippen LogP contribution in [-0.2, 0) is 15.7 Å². The highest BCUT2D eigenvalue weighted by atomic mass is 19.4. The molecule has 1 aromatic carbocycles. The van der Waals surface area contributed by atoms with Crippen LogP contribution in [0.1, 0.15) is 35.2 Å². The van der Waals surface area contributed by atoms with Gasteiger partial charge in [-0.25, -0.2) is 0 Å². The van der Waals surface area contributed by atoms with Gasteiger partial charge in [0.25, 0.3) is 0 Å². The molecule has 0 saturated carbocycles. The van der Waals surface area contributed by atoms with Crippen LogP contribution >= 0.6 is 0 Å². The molecular weight excluding hydrogens is 289 g/mol. The van der Waals surface area contributed by atoms with Crippen LogP contribution in [0.15, 0.2) is 18.2 Å². The number of carbonyl (C=O) groups is 2. The molecule has 21 heavy (non-hydrogen) atoms. The Hall–Kier alpha value is -2.05. The van der Waals surface area contributed by atoms with Crippen molar-refractivity contribution in [3.8, 4) is 5.75 Å². The van der Waals surface area contributed by atoms with E-state index in [4.69, 9.17) is 0 Å². The fourth-order valence-electron chi connectivity index (χ4n) is 1.74. The van der Waals surface area contributed by atoms with E-state index in [1.807, 2.05) is 0 Å². The van der Waals surface area contributed by atoms with Crippen LogP contribution in [0.5, 0.6) is 5.75 Å².